The lowest BCUT2D eigenvalue weighted by molar-refractivity contribution is -0.138. The number of fused-ring (bicyclic) bond motifs is 4. The van der Waals surface area contributed by atoms with Gasteiger partial charge in [-0.15, -0.1) is 11.6 Å². The molecule has 30 nitrogen and oxygen atoms in total. The highest BCUT2D eigenvalue weighted by Crippen LogP contribution is 2.47. The van der Waals surface area contributed by atoms with E-state index >= 15 is 0 Å². The lowest BCUT2D eigenvalue weighted by Gasteiger charge is -2.26. The number of carbonyl (C=O) groups excluding carboxylic acids is 10. The average molecular weight is 1420 g/mol. The van der Waals surface area contributed by atoms with Gasteiger partial charge in [0.1, 0.15) is 36.1 Å². The molecule has 2 aliphatic rings. The summed E-state index contributed by atoms with van der Waals surface area (Å²) in [6.07, 6.45) is 2.98. The number of ether oxygens (including phenoxy) is 6. The van der Waals surface area contributed by atoms with Crippen LogP contribution in [0.25, 0.3) is 16.4 Å². The number of rotatable bonds is 37. The summed E-state index contributed by atoms with van der Waals surface area (Å²) >= 11 is 6.64. The van der Waals surface area contributed by atoms with Crippen LogP contribution >= 0.6 is 11.6 Å². The number of urea groups is 1. The number of nitrogens with two attached hydrogens (primary N) is 1. The molecular weight excluding hydrogens is 1330 g/mol. The van der Waals surface area contributed by atoms with Crippen LogP contribution in [0.1, 0.15) is 89.4 Å². The Kier molecular flexibility index (Phi) is 27.8. The number of alkyl halides is 1. The summed E-state index contributed by atoms with van der Waals surface area (Å²) in [5.41, 5.74) is 9.38. The summed E-state index contributed by atoms with van der Waals surface area (Å²) in [4.78, 5) is 152. The normalized spacial score (nSPS) is 13.8. The van der Waals surface area contributed by atoms with Gasteiger partial charge in [-0.3, -0.25) is 38.5 Å². The molecule has 8 rings (SSSR count). The van der Waals surface area contributed by atoms with Gasteiger partial charge in [0.25, 0.3) is 23.6 Å². The maximum absolute atomic E-state index is 14.6. The largest absolute Gasteiger partial charge is 0.508 e. The first-order valence-electron chi connectivity index (χ1n) is 32.7. The predicted molar refractivity (Wildman–Crippen MR) is 369 cm³/mol. The molecule has 4 aromatic carbocycles. The van der Waals surface area contributed by atoms with Gasteiger partial charge in [-0.1, -0.05) is 44.2 Å². The van der Waals surface area contributed by atoms with Crippen molar-refractivity contribution in [1.82, 2.24) is 34.7 Å². The molecule has 0 aliphatic carbocycles. The molecule has 2 aliphatic heterocycles. The van der Waals surface area contributed by atoms with Crippen molar-refractivity contribution in [3.05, 3.63) is 137 Å². The van der Waals surface area contributed by atoms with Gasteiger partial charge >= 0.3 is 30.3 Å². The number of aromatic nitrogens is 2. The summed E-state index contributed by atoms with van der Waals surface area (Å²) in [6.45, 7) is 6.24. The third kappa shape index (κ3) is 21.7. The Hall–Kier alpha value is -10.7. The number of alkyl carbamates (subject to hydrolysis) is 1. The van der Waals surface area contributed by atoms with Crippen LogP contribution in [0.4, 0.5) is 36.2 Å². The van der Waals surface area contributed by atoms with Crippen LogP contribution in [0.5, 0.6) is 11.5 Å². The number of ketones is 1. The molecule has 3 atom stereocenters. The Morgan fingerprint density at radius 2 is 1.47 bits per heavy atom. The lowest BCUT2D eigenvalue weighted by atomic mass is 9.89. The maximum atomic E-state index is 14.6. The quantitative estimate of drug-likeness (QED) is 0.0114. The first kappa shape index (κ1) is 76.1. The smallest absolute Gasteiger partial charge is 0.415 e. The molecule has 0 unspecified atom stereocenters. The first-order valence-corrected chi connectivity index (χ1v) is 33.3. The van der Waals surface area contributed by atoms with Crippen molar-refractivity contribution in [2.24, 2.45) is 17.6 Å². The fourth-order valence-electron chi connectivity index (χ4n) is 11.2. The molecule has 0 spiro atoms. The molecule has 101 heavy (non-hydrogen) atoms. The maximum Gasteiger partial charge on any atom is 0.415 e. The van der Waals surface area contributed by atoms with Crippen molar-refractivity contribution in [1.29, 1.82) is 0 Å². The SMILES string of the molecule is Cc1cccc2c(OC(=O)N(CCCC(=O)O)CCN(C)C(=O)OCc3ccc(NC(=O)[C@H](CCCNC(N)=O)CC(=O)[C@@H](NC(=O)OCCOCCOCCOCCN4C(=O)C=CC4=O)C(C)C)cc3)cc3c(c12)[C@H](CCl)CN3C(=O)c1cn2cc(NC(=O)c3ccc(O)cc3)ccc2n1. The summed E-state index contributed by atoms with van der Waals surface area (Å²) in [5.74, 6) is -5.11. The highest BCUT2D eigenvalue weighted by Gasteiger charge is 2.38. The number of imide groups is 1. The highest BCUT2D eigenvalue weighted by molar-refractivity contribution is 6.19. The summed E-state index contributed by atoms with van der Waals surface area (Å²) in [6, 6.07) is 20.7. The molecule has 0 radical (unpaired) electrons. The van der Waals surface area contributed by atoms with Crippen LogP contribution in [0.15, 0.2) is 109 Å². The summed E-state index contributed by atoms with van der Waals surface area (Å²) in [5, 5.41) is 31.2. The van der Waals surface area contributed by atoms with E-state index in [2.05, 4.69) is 26.3 Å². The van der Waals surface area contributed by atoms with Crippen molar-refractivity contribution in [3.63, 3.8) is 0 Å². The van der Waals surface area contributed by atoms with Crippen molar-refractivity contribution < 1.29 is 91.4 Å². The van der Waals surface area contributed by atoms with Crippen LogP contribution in [0.3, 0.4) is 0 Å². The number of anilines is 3. The van der Waals surface area contributed by atoms with Crippen molar-refractivity contribution >= 4 is 111 Å². The van der Waals surface area contributed by atoms with Crippen molar-refractivity contribution in [3.8, 4) is 11.5 Å². The second kappa shape index (κ2) is 36.9. The van der Waals surface area contributed by atoms with Gasteiger partial charge in [-0.05, 0) is 103 Å². The number of carbonyl (C=O) groups is 11. The van der Waals surface area contributed by atoms with E-state index in [0.29, 0.717) is 39.2 Å². The number of carboxylic acids is 1. The minimum atomic E-state index is -1.09. The van der Waals surface area contributed by atoms with Crippen molar-refractivity contribution in [2.75, 3.05) is 114 Å². The molecule has 2 aromatic heterocycles. The number of amides is 10. The van der Waals surface area contributed by atoms with Gasteiger partial charge in [0.05, 0.1) is 63.6 Å². The monoisotopic (exact) mass is 1420 g/mol. The number of halogens is 1. The van der Waals surface area contributed by atoms with Crippen molar-refractivity contribution in [2.45, 2.75) is 71.4 Å². The first-order chi connectivity index (χ1) is 48.5. The van der Waals surface area contributed by atoms with Gasteiger partial charge in [0, 0.05) is 118 Å². The molecule has 10 amide bonds. The van der Waals surface area contributed by atoms with E-state index in [-0.39, 0.29) is 165 Å². The van der Waals surface area contributed by atoms with Gasteiger partial charge in [0.15, 0.2) is 5.78 Å². The number of aliphatic carboxylic acids is 1. The van der Waals surface area contributed by atoms with Crippen LogP contribution < -0.4 is 36.6 Å². The fourth-order valence-corrected chi connectivity index (χ4v) is 11.5. The van der Waals surface area contributed by atoms with E-state index in [1.165, 1.54) is 64.4 Å². The molecule has 4 heterocycles. The Morgan fingerprint density at radius 3 is 2.14 bits per heavy atom. The number of carboxylic acid groups (broad SMARTS) is 1. The standard InChI is InChI=1S/C70H82ClN11O19/c1-43(2)63(77-68(93)99-35-34-98-33-32-97-31-30-96-29-28-81-58(85)22-23-59(81)86)55(84)36-47(9-6-24-73-67(72)92)65(90)74-49-16-12-45(13-17-49)42-100-69(94)78(4)26-27-79(25-7-11-60(87)88)70(95)101-56-37-54-62(61-44(3)8-5-10-52(56)61)48(38-71)39-82(54)66(91)53-41-80-40-50(18-21-57(80)76-53)75-64(89)46-14-19-51(83)20-15-46/h5,8,10,12-23,37,40-41,43,47-48,63,83H,6-7,9,11,24-36,38-39,42H2,1-4H3,(H,74,90)(H,75,89)(H,77,93)(H,87,88)(H3,72,73,92)/t47-,48-,63+/m1/s1. The predicted octanol–water partition coefficient (Wildman–Crippen LogP) is 7.36. The van der Waals surface area contributed by atoms with Gasteiger partial charge < -0.3 is 84.7 Å². The number of nitrogens with zero attached hydrogens (tertiary/aromatic N) is 6. The second-order valence-electron chi connectivity index (χ2n) is 24.2. The molecule has 538 valence electrons. The zero-order chi connectivity index (χ0) is 72.7. The van der Waals surface area contributed by atoms with Gasteiger partial charge in [-0.2, -0.15) is 0 Å². The van der Waals surface area contributed by atoms with Crippen LogP contribution in [-0.4, -0.2) is 204 Å². The number of phenols is 1. The molecule has 0 fully saturated rings. The zero-order valence-electron chi connectivity index (χ0n) is 56.3. The molecule has 31 heteroatoms. The summed E-state index contributed by atoms with van der Waals surface area (Å²) in [7, 11) is 1.46. The number of hydrogen-bond donors (Lipinski definition) is 7. The van der Waals surface area contributed by atoms with E-state index in [1.807, 2.05) is 13.0 Å². The zero-order valence-corrected chi connectivity index (χ0v) is 57.1. The molecular formula is C70H82ClN11O19. The second-order valence-corrected chi connectivity index (χ2v) is 24.5. The van der Waals surface area contributed by atoms with Gasteiger partial charge in [-0.25, -0.2) is 24.2 Å². The number of pyridine rings is 1. The Bertz CT molecular complexity index is 4000. The number of aromatic hydroxyl groups is 1. The van der Waals surface area contributed by atoms with Gasteiger partial charge in [0.2, 0.25) is 5.91 Å². The highest BCUT2D eigenvalue weighted by atomic mass is 35.5. The topological polar surface area (TPSA) is 388 Å². The Labute approximate surface area is 586 Å². The van der Waals surface area contributed by atoms with E-state index < -0.39 is 71.7 Å². The van der Waals surface area contributed by atoms with Crippen LogP contribution in [0, 0.1) is 18.8 Å². The third-order valence-electron chi connectivity index (χ3n) is 16.5. The molecule has 0 saturated carbocycles. The number of primary amides is 1. The lowest BCUT2D eigenvalue weighted by Crippen LogP contribution is -2.46. The molecule has 8 N–H and O–H groups in total. The Balaban J connectivity index is 0.827. The van der Waals surface area contributed by atoms with E-state index in [9.17, 15) is 63.0 Å². The van der Waals surface area contributed by atoms with Crippen LogP contribution in [0.2, 0.25) is 0 Å². The van der Waals surface area contributed by atoms with Crippen LogP contribution in [-0.2, 0) is 54.3 Å². The minimum Gasteiger partial charge on any atom is -0.508 e. The summed E-state index contributed by atoms with van der Waals surface area (Å²) < 4.78 is 35.0. The fraction of sp³-hybridized carbons (Fsp3) is 0.400. The number of phenolic OH excluding ortho intramolecular Hbond substituents is 1. The Morgan fingerprint density at radius 1 is 0.782 bits per heavy atom. The third-order valence-corrected chi connectivity index (χ3v) is 16.9. The van der Waals surface area contributed by atoms with E-state index in [0.717, 1.165) is 21.4 Å². The number of nitrogens with one attached hydrogen (secondary N) is 4. The number of benzene rings is 4. The molecule has 0 bridgehead atoms. The number of Topliss-reactive ketones (excluding diaryl/α,β-unsaturated/α-hetero) is 1. The number of imidazole rings is 1. The molecule has 0 saturated heterocycles. The van der Waals surface area contributed by atoms with E-state index in [4.69, 9.17) is 45.8 Å². The average Bonchev–Trinajstić information content (AvgIpc) is 1.62. The number of hydrogen-bond acceptors (Lipinski definition) is 19. The number of likely N-dealkylation sites (N-methyl/N-ethyl adjacent to an activating group) is 1. The van der Waals surface area contributed by atoms with E-state index in [1.54, 1.807) is 79.0 Å². The molecule has 6 aromatic rings. The minimum absolute atomic E-state index is 0.0141. The number of aryl methyl sites for hydroxylation is 1.